The molecule has 4 fully saturated rings. The van der Waals surface area contributed by atoms with Gasteiger partial charge in [-0.15, -0.1) is 0 Å². The summed E-state index contributed by atoms with van der Waals surface area (Å²) in [4.78, 5) is 43.4. The van der Waals surface area contributed by atoms with E-state index in [1.165, 1.54) is 18.5 Å². The Morgan fingerprint density at radius 2 is 0.870 bits per heavy atom. The minimum Gasteiger partial charge on any atom is -0.444 e. The Bertz CT molecular complexity index is 1510. The summed E-state index contributed by atoms with van der Waals surface area (Å²) in [7, 11) is 0. The summed E-state index contributed by atoms with van der Waals surface area (Å²) in [5, 5.41) is 10.8. The molecule has 4 aliphatic rings. The Hall–Kier alpha value is -4.22. The monoisotopic (exact) mass is 748 g/mol. The Balaban J connectivity index is 0.000000208. The van der Waals surface area contributed by atoms with Crippen molar-refractivity contribution in [3.63, 3.8) is 0 Å². The molecule has 12 nitrogen and oxygen atoms in total. The highest BCUT2D eigenvalue weighted by atomic mass is 16.6. The average molecular weight is 749 g/mol. The zero-order valence-corrected chi connectivity index (χ0v) is 33.5. The molecule has 6 rings (SSSR count). The van der Waals surface area contributed by atoms with Gasteiger partial charge in [0.2, 0.25) is 0 Å². The molecule has 54 heavy (non-hydrogen) atoms. The van der Waals surface area contributed by atoms with Crippen molar-refractivity contribution in [2.45, 2.75) is 104 Å². The number of likely N-dealkylation sites (tertiary alicyclic amines) is 2. The number of hydrogen-bond donors (Lipinski definition) is 1. The molecule has 4 heterocycles. The van der Waals surface area contributed by atoms with E-state index in [-0.39, 0.29) is 22.8 Å². The summed E-state index contributed by atoms with van der Waals surface area (Å²) < 4.78 is 11.0. The van der Waals surface area contributed by atoms with Gasteiger partial charge in [0.05, 0.1) is 4.92 Å². The highest BCUT2D eigenvalue weighted by molar-refractivity contribution is 5.68. The van der Waals surface area contributed by atoms with Crippen LogP contribution in [-0.2, 0) is 9.47 Å². The number of amides is 2. The fraction of sp³-hybridized carbons (Fsp3) is 0.667. The number of anilines is 3. The molecule has 0 aromatic heterocycles. The predicted octanol–water partition coefficient (Wildman–Crippen LogP) is 8.59. The van der Waals surface area contributed by atoms with Gasteiger partial charge in [0.1, 0.15) is 11.2 Å². The lowest BCUT2D eigenvalue weighted by molar-refractivity contribution is -0.384. The fourth-order valence-corrected chi connectivity index (χ4v) is 8.49. The van der Waals surface area contributed by atoms with Crippen molar-refractivity contribution in [3.05, 3.63) is 58.6 Å². The van der Waals surface area contributed by atoms with Crippen LogP contribution < -0.4 is 15.5 Å². The Kier molecular flexibility index (Phi) is 13.6. The van der Waals surface area contributed by atoms with Gasteiger partial charge in [-0.05, 0) is 153 Å². The average Bonchev–Trinajstić information content (AvgIpc) is 3.14. The van der Waals surface area contributed by atoms with Crippen molar-refractivity contribution in [3.8, 4) is 0 Å². The molecule has 298 valence electrons. The molecule has 4 saturated heterocycles. The van der Waals surface area contributed by atoms with Gasteiger partial charge in [-0.3, -0.25) is 10.1 Å². The zero-order valence-electron chi connectivity index (χ0n) is 33.5. The second-order valence-corrected chi connectivity index (χ2v) is 17.6. The van der Waals surface area contributed by atoms with Crippen LogP contribution in [0.25, 0.3) is 0 Å². The zero-order chi connectivity index (χ0) is 39.0. The molecular weight excluding hydrogens is 684 g/mol. The SMILES string of the molecule is CC(C)(C)OC(=O)N1CCC(C2CCN(c3ccc(N)cc3)CC2)CC1.CC(C)(C)OC(=O)N1CCC(C2CCN(c3ccc([N+](=O)[O-])cc3)CC2)CC1. The largest absolute Gasteiger partial charge is 0.444 e. The van der Waals surface area contributed by atoms with Crippen LogP contribution in [0.4, 0.5) is 32.3 Å². The third-order valence-corrected chi connectivity index (χ3v) is 11.5. The molecule has 0 bridgehead atoms. The van der Waals surface area contributed by atoms with Crippen LogP contribution in [-0.4, -0.2) is 90.5 Å². The number of nitro groups is 1. The third kappa shape index (κ3) is 11.9. The van der Waals surface area contributed by atoms with E-state index in [1.807, 2.05) is 75.6 Å². The molecule has 4 aliphatic heterocycles. The summed E-state index contributed by atoms with van der Waals surface area (Å²) in [5.41, 5.74) is 8.22. The fourth-order valence-electron chi connectivity index (χ4n) is 8.49. The lowest BCUT2D eigenvalue weighted by Crippen LogP contribution is -2.44. The number of carbonyl (C=O) groups is 2. The van der Waals surface area contributed by atoms with Gasteiger partial charge in [0, 0.05) is 81.6 Å². The van der Waals surface area contributed by atoms with Gasteiger partial charge in [-0.1, -0.05) is 0 Å². The molecule has 0 unspecified atom stereocenters. The van der Waals surface area contributed by atoms with Crippen molar-refractivity contribution in [2.24, 2.45) is 23.7 Å². The van der Waals surface area contributed by atoms with Crippen LogP contribution in [0.1, 0.15) is 92.9 Å². The maximum absolute atomic E-state index is 12.2. The topological polar surface area (TPSA) is 135 Å². The molecule has 0 spiro atoms. The van der Waals surface area contributed by atoms with E-state index in [1.54, 1.807) is 12.1 Å². The van der Waals surface area contributed by atoms with E-state index in [2.05, 4.69) is 21.9 Å². The molecule has 0 aliphatic carbocycles. The van der Waals surface area contributed by atoms with E-state index in [0.29, 0.717) is 11.8 Å². The van der Waals surface area contributed by atoms with E-state index >= 15 is 0 Å². The molecule has 2 aromatic carbocycles. The first-order chi connectivity index (χ1) is 25.5. The number of hydrogen-bond acceptors (Lipinski definition) is 9. The van der Waals surface area contributed by atoms with E-state index in [9.17, 15) is 19.7 Å². The van der Waals surface area contributed by atoms with E-state index in [4.69, 9.17) is 15.2 Å². The molecule has 2 amide bonds. The number of rotatable bonds is 5. The summed E-state index contributed by atoms with van der Waals surface area (Å²) in [6.07, 6.45) is 8.68. The molecule has 2 aromatic rings. The Morgan fingerprint density at radius 1 is 0.574 bits per heavy atom. The standard InChI is InChI=1S/C21H31N3O4.C21H33N3O2/c1-21(2,3)28-20(25)23-14-10-17(11-15-23)16-8-12-22(13-9-16)18-4-6-19(7-5-18)24(26)27;1-21(2,3)26-20(25)24-14-10-17(11-15-24)16-8-12-23(13-9-16)19-6-4-18(22)5-7-19/h4-7,16-17H,8-15H2,1-3H3;4-7,16-17H,8-15,22H2,1-3H3. The quantitative estimate of drug-likeness (QED) is 0.181. The van der Waals surface area contributed by atoms with Gasteiger partial charge >= 0.3 is 12.2 Å². The highest BCUT2D eigenvalue weighted by Gasteiger charge is 2.34. The van der Waals surface area contributed by atoms with Gasteiger partial charge in [-0.25, -0.2) is 9.59 Å². The van der Waals surface area contributed by atoms with Crippen molar-refractivity contribution in [1.29, 1.82) is 0 Å². The maximum atomic E-state index is 12.2. The minimum atomic E-state index is -0.446. The van der Waals surface area contributed by atoms with E-state index in [0.717, 1.165) is 114 Å². The second kappa shape index (κ2) is 17.9. The van der Waals surface area contributed by atoms with Gasteiger partial charge in [0.15, 0.2) is 0 Å². The normalized spacial score (nSPS) is 19.9. The number of nitro benzene ring substituents is 1. The van der Waals surface area contributed by atoms with Crippen molar-refractivity contribution in [2.75, 3.05) is 67.9 Å². The molecular formula is C42H64N6O6. The van der Waals surface area contributed by atoms with Gasteiger partial charge in [0.25, 0.3) is 5.69 Å². The lowest BCUT2D eigenvalue weighted by atomic mass is 9.79. The number of nitrogens with two attached hydrogens (primary N) is 1. The first kappa shape index (κ1) is 41.0. The number of carbonyl (C=O) groups excluding carboxylic acids is 2. The molecule has 0 radical (unpaired) electrons. The molecule has 0 saturated carbocycles. The predicted molar refractivity (Wildman–Crippen MR) is 215 cm³/mol. The highest BCUT2D eigenvalue weighted by Crippen LogP contribution is 2.36. The molecule has 0 atom stereocenters. The first-order valence-electron chi connectivity index (χ1n) is 20.1. The number of non-ortho nitro benzene ring substituents is 1. The van der Waals surface area contributed by atoms with Crippen molar-refractivity contribution >= 4 is 34.9 Å². The van der Waals surface area contributed by atoms with Crippen LogP contribution in [0.2, 0.25) is 0 Å². The minimum absolute atomic E-state index is 0.135. The van der Waals surface area contributed by atoms with Crippen LogP contribution in [0, 0.1) is 33.8 Å². The van der Waals surface area contributed by atoms with Crippen molar-refractivity contribution < 1.29 is 24.0 Å². The van der Waals surface area contributed by atoms with Gasteiger partial charge in [-0.2, -0.15) is 0 Å². The summed E-state index contributed by atoms with van der Waals surface area (Å²) >= 11 is 0. The van der Waals surface area contributed by atoms with Crippen molar-refractivity contribution in [1.82, 2.24) is 9.80 Å². The van der Waals surface area contributed by atoms with Crippen LogP contribution in [0.5, 0.6) is 0 Å². The third-order valence-electron chi connectivity index (χ3n) is 11.5. The summed E-state index contributed by atoms with van der Waals surface area (Å²) in [6.45, 7) is 18.9. The first-order valence-corrected chi connectivity index (χ1v) is 20.1. The van der Waals surface area contributed by atoms with E-state index < -0.39 is 11.2 Å². The second-order valence-electron chi connectivity index (χ2n) is 17.6. The summed E-state index contributed by atoms with van der Waals surface area (Å²) in [6, 6.07) is 15.0. The Labute approximate surface area is 322 Å². The number of ether oxygens (including phenoxy) is 2. The molecule has 2 N–H and O–H groups in total. The number of piperidine rings is 4. The van der Waals surface area contributed by atoms with Crippen LogP contribution >= 0.6 is 0 Å². The maximum Gasteiger partial charge on any atom is 0.410 e. The number of nitrogen functional groups attached to an aromatic ring is 1. The van der Waals surface area contributed by atoms with Crippen LogP contribution in [0.15, 0.2) is 48.5 Å². The number of benzene rings is 2. The van der Waals surface area contributed by atoms with Crippen LogP contribution in [0.3, 0.4) is 0 Å². The van der Waals surface area contributed by atoms with Gasteiger partial charge < -0.3 is 34.8 Å². The smallest absolute Gasteiger partial charge is 0.410 e. The lowest BCUT2D eigenvalue weighted by Gasteiger charge is -2.41. The molecule has 12 heteroatoms. The number of nitrogens with zero attached hydrogens (tertiary/aromatic N) is 5. The summed E-state index contributed by atoms with van der Waals surface area (Å²) in [5.74, 6) is 2.87. The Morgan fingerprint density at radius 3 is 1.17 bits per heavy atom.